The van der Waals surface area contributed by atoms with Crippen LogP contribution in [0.2, 0.25) is 0 Å². The summed E-state index contributed by atoms with van der Waals surface area (Å²) in [5.41, 5.74) is 10.0. The van der Waals surface area contributed by atoms with Crippen molar-refractivity contribution in [3.8, 4) is 0 Å². The van der Waals surface area contributed by atoms with E-state index < -0.39 is 0 Å². The van der Waals surface area contributed by atoms with Crippen molar-refractivity contribution in [3.63, 3.8) is 0 Å². The summed E-state index contributed by atoms with van der Waals surface area (Å²) in [5, 5.41) is 11.6. The predicted molar refractivity (Wildman–Crippen MR) is 57.8 cm³/mol. The molecule has 0 unspecified atom stereocenters. The Morgan fingerprint density at radius 3 is 2.21 bits per heavy atom. The summed E-state index contributed by atoms with van der Waals surface area (Å²) in [6, 6.07) is 3.89. The van der Waals surface area contributed by atoms with Gasteiger partial charge in [-0.2, -0.15) is 0 Å². The zero-order valence-corrected chi connectivity index (χ0v) is 8.83. The highest BCUT2D eigenvalue weighted by Crippen LogP contribution is 2.16. The fourth-order valence-electron chi connectivity index (χ4n) is 1.76. The van der Waals surface area contributed by atoms with Crippen molar-refractivity contribution in [1.82, 2.24) is 0 Å². The summed E-state index contributed by atoms with van der Waals surface area (Å²) in [5.74, 6) is 0.166. The van der Waals surface area contributed by atoms with E-state index >= 15 is 0 Å². The van der Waals surface area contributed by atoms with Crippen LogP contribution >= 0.6 is 0 Å². The van der Waals surface area contributed by atoms with E-state index in [0.717, 1.165) is 12.0 Å². The molecule has 0 atom stereocenters. The first kappa shape index (κ1) is 10.6. The summed E-state index contributed by atoms with van der Waals surface area (Å²) < 4.78 is 0. The molecule has 0 aliphatic carbocycles. The van der Waals surface area contributed by atoms with Gasteiger partial charge in [0, 0.05) is 5.56 Å². The molecule has 3 nitrogen and oxygen atoms in total. The number of nitrogens with two attached hydrogens (primary N) is 1. The van der Waals surface area contributed by atoms with Crippen LogP contribution in [0.15, 0.2) is 17.3 Å². The van der Waals surface area contributed by atoms with Crippen molar-refractivity contribution in [3.05, 3.63) is 34.4 Å². The van der Waals surface area contributed by atoms with Gasteiger partial charge < -0.3 is 10.9 Å². The van der Waals surface area contributed by atoms with Crippen LogP contribution < -0.4 is 5.73 Å². The third-order valence-electron chi connectivity index (χ3n) is 2.45. The van der Waals surface area contributed by atoms with Crippen LogP contribution in [0, 0.1) is 13.8 Å². The number of aryl methyl sites for hydroxylation is 2. The normalized spacial score (nSPS) is 11.8. The lowest BCUT2D eigenvalue weighted by Gasteiger charge is -2.09. The Morgan fingerprint density at radius 2 is 1.86 bits per heavy atom. The van der Waals surface area contributed by atoms with Gasteiger partial charge in [-0.3, -0.25) is 0 Å². The molecule has 0 bridgehead atoms. The number of hydrogen-bond acceptors (Lipinski definition) is 2. The molecular weight excluding hydrogens is 176 g/mol. The molecule has 0 aromatic heterocycles. The van der Waals surface area contributed by atoms with Gasteiger partial charge in [0.1, 0.15) is 0 Å². The number of oxime groups is 1. The fourth-order valence-corrected chi connectivity index (χ4v) is 1.76. The van der Waals surface area contributed by atoms with E-state index in [2.05, 4.69) is 12.1 Å². The van der Waals surface area contributed by atoms with Crippen LogP contribution in [0.25, 0.3) is 0 Å². The van der Waals surface area contributed by atoms with E-state index in [9.17, 15) is 0 Å². The average molecular weight is 192 g/mol. The second-order valence-corrected chi connectivity index (χ2v) is 3.43. The maximum absolute atomic E-state index is 8.56. The molecule has 0 radical (unpaired) electrons. The first-order valence-electron chi connectivity index (χ1n) is 4.68. The number of amidine groups is 1. The summed E-state index contributed by atoms with van der Waals surface area (Å²) in [7, 11) is 0. The molecule has 0 aliphatic heterocycles. The highest BCUT2D eigenvalue weighted by molar-refractivity contribution is 5.97. The standard InChI is InChI=1S/C11H16N2O/c1-4-10-7(2)5-9(6-8(10)3)11(12)13-14/h5-6,14H,4H2,1-3H3,(H2,12,13). The van der Waals surface area contributed by atoms with Crippen molar-refractivity contribution in [1.29, 1.82) is 0 Å². The maximum Gasteiger partial charge on any atom is 0.170 e. The summed E-state index contributed by atoms with van der Waals surface area (Å²) in [4.78, 5) is 0. The van der Waals surface area contributed by atoms with Gasteiger partial charge in [0.2, 0.25) is 0 Å². The molecule has 0 aliphatic rings. The Bertz CT molecular complexity index is 347. The second kappa shape index (κ2) is 4.13. The van der Waals surface area contributed by atoms with Gasteiger partial charge in [-0.05, 0) is 49.1 Å². The Labute approximate surface area is 84.2 Å². The molecule has 3 N–H and O–H groups in total. The molecule has 3 heteroatoms. The largest absolute Gasteiger partial charge is 0.409 e. The molecule has 76 valence electrons. The van der Waals surface area contributed by atoms with Crippen molar-refractivity contribution in [2.45, 2.75) is 27.2 Å². The maximum atomic E-state index is 8.56. The molecule has 0 saturated carbocycles. The molecule has 1 rings (SSSR count). The Kier molecular flexibility index (Phi) is 3.12. The van der Waals surface area contributed by atoms with E-state index in [1.807, 2.05) is 26.0 Å². The third kappa shape index (κ3) is 1.87. The van der Waals surface area contributed by atoms with E-state index in [4.69, 9.17) is 10.9 Å². The van der Waals surface area contributed by atoms with E-state index in [1.165, 1.54) is 16.7 Å². The lowest BCUT2D eigenvalue weighted by atomic mass is 9.97. The molecule has 0 heterocycles. The van der Waals surface area contributed by atoms with Gasteiger partial charge in [0.25, 0.3) is 0 Å². The van der Waals surface area contributed by atoms with Crippen molar-refractivity contribution >= 4 is 5.84 Å². The molecule has 0 fully saturated rings. The van der Waals surface area contributed by atoms with Crippen LogP contribution in [-0.4, -0.2) is 11.0 Å². The number of benzene rings is 1. The quantitative estimate of drug-likeness (QED) is 0.326. The first-order valence-corrected chi connectivity index (χ1v) is 4.68. The van der Waals surface area contributed by atoms with E-state index in [1.54, 1.807) is 0 Å². The van der Waals surface area contributed by atoms with Gasteiger partial charge in [0.15, 0.2) is 5.84 Å². The van der Waals surface area contributed by atoms with Gasteiger partial charge in [0.05, 0.1) is 0 Å². The van der Waals surface area contributed by atoms with Gasteiger partial charge in [-0.1, -0.05) is 12.1 Å². The lowest BCUT2D eigenvalue weighted by Crippen LogP contribution is -2.14. The SMILES string of the molecule is CCc1c(C)cc(/C(N)=N/O)cc1C. The number of nitrogens with zero attached hydrogens (tertiary/aromatic N) is 1. The van der Waals surface area contributed by atoms with Crippen LogP contribution in [0.3, 0.4) is 0 Å². The molecule has 0 spiro atoms. The van der Waals surface area contributed by atoms with Gasteiger partial charge >= 0.3 is 0 Å². The minimum Gasteiger partial charge on any atom is -0.409 e. The molecular formula is C11H16N2O. The summed E-state index contributed by atoms with van der Waals surface area (Å²) >= 11 is 0. The van der Waals surface area contributed by atoms with Crippen molar-refractivity contribution in [2.75, 3.05) is 0 Å². The molecule has 0 amide bonds. The highest BCUT2D eigenvalue weighted by Gasteiger charge is 2.05. The Hall–Kier alpha value is -1.51. The predicted octanol–water partition coefficient (Wildman–Crippen LogP) is 1.96. The van der Waals surface area contributed by atoms with Crippen LogP contribution in [0.5, 0.6) is 0 Å². The molecule has 14 heavy (non-hydrogen) atoms. The zero-order valence-electron chi connectivity index (χ0n) is 8.83. The topological polar surface area (TPSA) is 58.6 Å². The lowest BCUT2D eigenvalue weighted by molar-refractivity contribution is 0.318. The van der Waals surface area contributed by atoms with Crippen LogP contribution in [0.1, 0.15) is 29.2 Å². The third-order valence-corrected chi connectivity index (χ3v) is 2.45. The second-order valence-electron chi connectivity index (χ2n) is 3.43. The fraction of sp³-hybridized carbons (Fsp3) is 0.364. The minimum absolute atomic E-state index is 0.166. The molecule has 0 saturated heterocycles. The molecule has 1 aromatic carbocycles. The minimum atomic E-state index is 0.166. The van der Waals surface area contributed by atoms with Crippen LogP contribution in [0.4, 0.5) is 0 Å². The Balaban J connectivity index is 3.27. The molecule has 1 aromatic rings. The van der Waals surface area contributed by atoms with E-state index in [-0.39, 0.29) is 5.84 Å². The Morgan fingerprint density at radius 1 is 1.36 bits per heavy atom. The van der Waals surface area contributed by atoms with Crippen molar-refractivity contribution in [2.24, 2.45) is 10.9 Å². The van der Waals surface area contributed by atoms with Gasteiger partial charge in [-0.25, -0.2) is 0 Å². The average Bonchev–Trinajstić information content (AvgIpc) is 2.16. The monoisotopic (exact) mass is 192 g/mol. The van der Waals surface area contributed by atoms with Gasteiger partial charge in [-0.15, -0.1) is 0 Å². The summed E-state index contributed by atoms with van der Waals surface area (Å²) in [6.45, 7) is 6.21. The van der Waals surface area contributed by atoms with E-state index in [0.29, 0.717) is 0 Å². The first-order chi connectivity index (χ1) is 6.60. The number of rotatable bonds is 2. The number of hydrogen-bond donors (Lipinski definition) is 2. The zero-order chi connectivity index (χ0) is 10.7. The smallest absolute Gasteiger partial charge is 0.170 e. The van der Waals surface area contributed by atoms with Crippen LogP contribution in [-0.2, 0) is 6.42 Å². The summed E-state index contributed by atoms with van der Waals surface area (Å²) in [6.07, 6.45) is 1.01. The van der Waals surface area contributed by atoms with Crippen molar-refractivity contribution < 1.29 is 5.21 Å². The highest BCUT2D eigenvalue weighted by atomic mass is 16.4.